The van der Waals surface area contributed by atoms with Crippen LogP contribution in [0.1, 0.15) is 24.7 Å². The lowest BCUT2D eigenvalue weighted by molar-refractivity contribution is 0.649. The average Bonchev–Trinajstić information content (AvgIpc) is 2.92. The second-order valence-corrected chi connectivity index (χ2v) is 5.33. The van der Waals surface area contributed by atoms with Crippen molar-refractivity contribution in [3.8, 4) is 0 Å². The highest BCUT2D eigenvalue weighted by Crippen LogP contribution is 2.22. The Hall–Kier alpha value is -2.20. The van der Waals surface area contributed by atoms with E-state index in [1.165, 1.54) is 16.5 Å². The molecule has 1 unspecified atom stereocenters. The predicted octanol–water partition coefficient (Wildman–Crippen LogP) is 2.76. The highest BCUT2D eigenvalue weighted by atomic mass is 15.0. The van der Waals surface area contributed by atoms with Gasteiger partial charge in [-0.05, 0) is 36.6 Å². The summed E-state index contributed by atoms with van der Waals surface area (Å²) in [5, 5.41) is 1.28. The molecule has 0 spiro atoms. The SMILES string of the molecule is CCC(N)Cc1cccc2c1ccn2Cc1ncccn1. The van der Waals surface area contributed by atoms with E-state index in [0.717, 1.165) is 18.7 Å². The van der Waals surface area contributed by atoms with Crippen LogP contribution in [-0.2, 0) is 13.0 Å². The quantitative estimate of drug-likeness (QED) is 0.782. The molecule has 0 saturated carbocycles. The summed E-state index contributed by atoms with van der Waals surface area (Å²) >= 11 is 0. The molecule has 4 heteroatoms. The number of nitrogens with two attached hydrogens (primary N) is 1. The molecule has 108 valence electrons. The van der Waals surface area contributed by atoms with Gasteiger partial charge in [-0.25, -0.2) is 9.97 Å². The molecule has 0 fully saturated rings. The van der Waals surface area contributed by atoms with Crippen LogP contribution in [0.15, 0.2) is 48.9 Å². The average molecular weight is 280 g/mol. The summed E-state index contributed by atoms with van der Waals surface area (Å²) in [5.74, 6) is 0.825. The maximum Gasteiger partial charge on any atom is 0.147 e. The summed E-state index contributed by atoms with van der Waals surface area (Å²) < 4.78 is 2.19. The normalized spacial score (nSPS) is 12.7. The van der Waals surface area contributed by atoms with Gasteiger partial charge in [0.05, 0.1) is 6.54 Å². The molecular weight excluding hydrogens is 260 g/mol. The molecule has 3 rings (SSSR count). The Morgan fingerprint density at radius 1 is 1.14 bits per heavy atom. The van der Waals surface area contributed by atoms with Crippen LogP contribution < -0.4 is 5.73 Å². The standard InChI is InChI=1S/C17H20N4/c1-2-14(18)11-13-5-3-6-16-15(13)7-10-21(16)12-17-19-8-4-9-20-17/h3-10,14H,2,11-12,18H2,1H3. The smallest absolute Gasteiger partial charge is 0.147 e. The molecule has 0 radical (unpaired) electrons. The summed E-state index contributed by atoms with van der Waals surface area (Å²) in [6, 6.07) is 10.6. The van der Waals surface area contributed by atoms with E-state index < -0.39 is 0 Å². The van der Waals surface area contributed by atoms with Crippen molar-refractivity contribution in [1.29, 1.82) is 0 Å². The molecule has 0 aliphatic rings. The number of fused-ring (bicyclic) bond motifs is 1. The minimum absolute atomic E-state index is 0.219. The van der Waals surface area contributed by atoms with Crippen LogP contribution in [0.4, 0.5) is 0 Å². The highest BCUT2D eigenvalue weighted by molar-refractivity contribution is 5.83. The lowest BCUT2D eigenvalue weighted by Crippen LogP contribution is -2.21. The van der Waals surface area contributed by atoms with Crippen LogP contribution in [0.3, 0.4) is 0 Å². The van der Waals surface area contributed by atoms with E-state index in [2.05, 4.69) is 51.9 Å². The van der Waals surface area contributed by atoms with Gasteiger partial charge in [0.1, 0.15) is 5.82 Å². The fraction of sp³-hybridized carbons (Fsp3) is 0.294. The van der Waals surface area contributed by atoms with Crippen LogP contribution in [0.2, 0.25) is 0 Å². The Labute approximate surface area is 124 Å². The number of aromatic nitrogens is 3. The van der Waals surface area contributed by atoms with Crippen molar-refractivity contribution in [2.45, 2.75) is 32.4 Å². The van der Waals surface area contributed by atoms with Gasteiger partial charge in [0.2, 0.25) is 0 Å². The van der Waals surface area contributed by atoms with E-state index >= 15 is 0 Å². The van der Waals surface area contributed by atoms with Crippen LogP contribution in [0.5, 0.6) is 0 Å². The Morgan fingerprint density at radius 2 is 1.95 bits per heavy atom. The van der Waals surface area contributed by atoms with Crippen molar-refractivity contribution in [3.05, 3.63) is 60.3 Å². The van der Waals surface area contributed by atoms with Gasteiger partial charge in [-0.15, -0.1) is 0 Å². The van der Waals surface area contributed by atoms with Crippen LogP contribution in [0.25, 0.3) is 10.9 Å². The summed E-state index contributed by atoms with van der Waals surface area (Å²) in [6.07, 6.45) is 7.57. The first-order valence-electron chi connectivity index (χ1n) is 7.36. The Balaban J connectivity index is 1.93. The van der Waals surface area contributed by atoms with E-state index in [0.29, 0.717) is 6.54 Å². The van der Waals surface area contributed by atoms with Crippen molar-refractivity contribution in [2.75, 3.05) is 0 Å². The molecule has 0 bridgehead atoms. The Bertz CT molecular complexity index is 718. The van der Waals surface area contributed by atoms with Gasteiger partial charge in [0.25, 0.3) is 0 Å². The summed E-state index contributed by atoms with van der Waals surface area (Å²) in [5.41, 5.74) is 8.63. The molecule has 2 N–H and O–H groups in total. The molecule has 2 heterocycles. The predicted molar refractivity (Wildman–Crippen MR) is 85.0 cm³/mol. The Kier molecular flexibility index (Phi) is 3.97. The molecule has 0 aliphatic carbocycles. The maximum absolute atomic E-state index is 6.10. The van der Waals surface area contributed by atoms with Crippen LogP contribution >= 0.6 is 0 Å². The lowest BCUT2D eigenvalue weighted by Gasteiger charge is -2.10. The largest absolute Gasteiger partial charge is 0.340 e. The third-order valence-corrected chi connectivity index (χ3v) is 3.84. The van der Waals surface area contributed by atoms with Crippen molar-refractivity contribution in [1.82, 2.24) is 14.5 Å². The second-order valence-electron chi connectivity index (χ2n) is 5.33. The van der Waals surface area contributed by atoms with E-state index in [1.54, 1.807) is 12.4 Å². The van der Waals surface area contributed by atoms with Gasteiger partial charge in [0.15, 0.2) is 0 Å². The number of hydrogen-bond donors (Lipinski definition) is 1. The van der Waals surface area contributed by atoms with E-state index in [9.17, 15) is 0 Å². The van der Waals surface area contributed by atoms with Crippen LogP contribution in [0, 0.1) is 0 Å². The molecular formula is C17H20N4. The first-order chi connectivity index (χ1) is 10.3. The maximum atomic E-state index is 6.10. The molecule has 0 aliphatic heterocycles. The summed E-state index contributed by atoms with van der Waals surface area (Å²) in [6.45, 7) is 2.82. The van der Waals surface area contributed by atoms with Gasteiger partial charge >= 0.3 is 0 Å². The minimum Gasteiger partial charge on any atom is -0.340 e. The molecule has 1 atom stereocenters. The Morgan fingerprint density at radius 3 is 2.71 bits per heavy atom. The fourth-order valence-corrected chi connectivity index (χ4v) is 2.59. The van der Waals surface area contributed by atoms with Gasteiger partial charge in [0, 0.05) is 35.5 Å². The monoisotopic (exact) mass is 280 g/mol. The molecule has 21 heavy (non-hydrogen) atoms. The number of benzene rings is 1. The topological polar surface area (TPSA) is 56.7 Å². The lowest BCUT2D eigenvalue weighted by atomic mass is 10.0. The third kappa shape index (κ3) is 2.95. The fourth-order valence-electron chi connectivity index (χ4n) is 2.59. The van der Waals surface area contributed by atoms with Crippen LogP contribution in [-0.4, -0.2) is 20.6 Å². The number of rotatable bonds is 5. The van der Waals surface area contributed by atoms with Crippen molar-refractivity contribution in [2.24, 2.45) is 5.73 Å². The zero-order valence-electron chi connectivity index (χ0n) is 12.2. The van der Waals surface area contributed by atoms with Crippen molar-refractivity contribution >= 4 is 10.9 Å². The van der Waals surface area contributed by atoms with Gasteiger partial charge in [-0.2, -0.15) is 0 Å². The van der Waals surface area contributed by atoms with Gasteiger partial charge in [-0.1, -0.05) is 19.1 Å². The first kappa shape index (κ1) is 13.8. The molecule has 0 amide bonds. The molecule has 4 nitrogen and oxygen atoms in total. The number of nitrogens with zero attached hydrogens (tertiary/aromatic N) is 3. The first-order valence-corrected chi connectivity index (χ1v) is 7.36. The highest BCUT2D eigenvalue weighted by Gasteiger charge is 2.09. The summed E-state index contributed by atoms with van der Waals surface area (Å²) in [4.78, 5) is 8.59. The minimum atomic E-state index is 0.219. The summed E-state index contributed by atoms with van der Waals surface area (Å²) in [7, 11) is 0. The zero-order chi connectivity index (χ0) is 14.7. The molecule has 1 aromatic carbocycles. The molecule has 2 aromatic heterocycles. The molecule has 3 aromatic rings. The van der Waals surface area contributed by atoms with Gasteiger partial charge in [-0.3, -0.25) is 0 Å². The van der Waals surface area contributed by atoms with E-state index in [4.69, 9.17) is 5.73 Å². The van der Waals surface area contributed by atoms with Gasteiger partial charge < -0.3 is 10.3 Å². The molecule has 0 saturated heterocycles. The van der Waals surface area contributed by atoms with E-state index in [1.807, 2.05) is 6.07 Å². The zero-order valence-corrected chi connectivity index (χ0v) is 12.2. The second kappa shape index (κ2) is 6.06. The van der Waals surface area contributed by atoms with Crippen molar-refractivity contribution < 1.29 is 0 Å². The third-order valence-electron chi connectivity index (χ3n) is 3.84. The number of hydrogen-bond acceptors (Lipinski definition) is 3. The van der Waals surface area contributed by atoms with Crippen molar-refractivity contribution in [3.63, 3.8) is 0 Å². The van der Waals surface area contributed by atoms with E-state index in [-0.39, 0.29) is 6.04 Å².